The van der Waals surface area contributed by atoms with E-state index in [2.05, 4.69) is 56.6 Å². The second kappa shape index (κ2) is 7.36. The maximum Gasteiger partial charge on any atom is 0.137 e. The number of hydrogen-bond donors (Lipinski definition) is 1. The fourth-order valence-electron chi connectivity index (χ4n) is 6.85. The number of nitrogens with one attached hydrogen (secondary N) is 1. The number of nitrogens with zero attached hydrogens (tertiary/aromatic N) is 4. The number of rotatable bonds is 4. The van der Waals surface area contributed by atoms with Gasteiger partial charge in [-0.05, 0) is 81.4 Å². The number of aromatic nitrogens is 2. The number of hydrogen-bond acceptors (Lipinski definition) is 4. The van der Waals surface area contributed by atoms with Crippen LogP contribution in [0, 0.1) is 5.41 Å². The molecule has 0 amide bonds. The van der Waals surface area contributed by atoms with E-state index in [1.165, 1.54) is 85.6 Å². The number of aromatic amines is 1. The summed E-state index contributed by atoms with van der Waals surface area (Å²) in [4.78, 5) is 16.0. The van der Waals surface area contributed by atoms with E-state index >= 15 is 0 Å². The highest BCUT2D eigenvalue weighted by atomic mass is 15.3. The van der Waals surface area contributed by atoms with Gasteiger partial charge in [0, 0.05) is 48.4 Å². The van der Waals surface area contributed by atoms with Crippen molar-refractivity contribution in [2.45, 2.75) is 44.6 Å². The fourth-order valence-corrected chi connectivity index (χ4v) is 6.85. The molecule has 1 aromatic carbocycles. The van der Waals surface area contributed by atoms with Gasteiger partial charge in [-0.15, -0.1) is 0 Å². The van der Waals surface area contributed by atoms with Crippen LogP contribution >= 0.6 is 0 Å². The molecule has 170 valence electrons. The molecule has 0 bridgehead atoms. The normalized spacial score (nSPS) is 22.4. The molecule has 5 nitrogen and oxygen atoms in total. The molecule has 3 aliphatic heterocycles. The van der Waals surface area contributed by atoms with Gasteiger partial charge < -0.3 is 19.7 Å². The number of aryl methyl sites for hydroxylation is 1. The molecular weight excluding hydrogens is 406 g/mol. The Kier molecular flexibility index (Phi) is 4.38. The Morgan fingerprint density at radius 2 is 1.85 bits per heavy atom. The summed E-state index contributed by atoms with van der Waals surface area (Å²) in [5.74, 6) is 0. The van der Waals surface area contributed by atoms with Crippen LogP contribution in [0.25, 0.3) is 17.1 Å². The second-order valence-electron chi connectivity index (χ2n) is 10.7. The number of fused-ring (bicyclic) bond motifs is 2. The topological polar surface area (TPSA) is 38.4 Å². The van der Waals surface area contributed by atoms with Gasteiger partial charge in [-0.25, -0.2) is 4.98 Å². The monoisotopic (exact) mass is 439 g/mol. The van der Waals surface area contributed by atoms with E-state index in [-0.39, 0.29) is 0 Å². The molecule has 0 atom stereocenters. The lowest BCUT2D eigenvalue weighted by molar-refractivity contribution is -0.00974. The lowest BCUT2D eigenvalue weighted by Crippen LogP contribution is -2.66. The van der Waals surface area contributed by atoms with Gasteiger partial charge in [-0.3, -0.25) is 0 Å². The lowest BCUT2D eigenvalue weighted by atomic mass is 9.60. The Morgan fingerprint density at radius 1 is 1.00 bits per heavy atom. The smallest absolute Gasteiger partial charge is 0.137 e. The first-order valence-corrected chi connectivity index (χ1v) is 12.7. The van der Waals surface area contributed by atoms with E-state index in [1.807, 2.05) is 12.3 Å². The van der Waals surface area contributed by atoms with E-state index < -0.39 is 0 Å². The Labute approximate surface area is 196 Å². The Balaban J connectivity index is 1.14. The Morgan fingerprint density at radius 3 is 2.67 bits per heavy atom. The molecule has 0 unspecified atom stereocenters. The molecule has 1 spiro atoms. The third kappa shape index (κ3) is 3.12. The van der Waals surface area contributed by atoms with Gasteiger partial charge in [0.15, 0.2) is 0 Å². The molecule has 5 heterocycles. The molecule has 1 saturated carbocycles. The van der Waals surface area contributed by atoms with Crippen LogP contribution in [0.5, 0.6) is 0 Å². The molecule has 4 aliphatic rings. The van der Waals surface area contributed by atoms with Crippen molar-refractivity contribution in [1.82, 2.24) is 14.9 Å². The predicted octanol–water partition coefficient (Wildman–Crippen LogP) is 5.35. The highest BCUT2D eigenvalue weighted by Gasteiger charge is 2.54. The van der Waals surface area contributed by atoms with Crippen LogP contribution < -0.4 is 9.80 Å². The van der Waals surface area contributed by atoms with Crippen LogP contribution in [0.1, 0.15) is 43.4 Å². The van der Waals surface area contributed by atoms with Crippen LogP contribution in [-0.4, -0.2) is 53.6 Å². The number of pyridine rings is 1. The van der Waals surface area contributed by atoms with Gasteiger partial charge in [0.05, 0.1) is 17.1 Å². The quantitative estimate of drug-likeness (QED) is 0.594. The predicted molar refractivity (Wildman–Crippen MR) is 136 cm³/mol. The number of H-pyrrole nitrogens is 1. The average Bonchev–Trinajstić information content (AvgIpc) is 3.47. The zero-order valence-corrected chi connectivity index (χ0v) is 19.4. The molecule has 0 radical (unpaired) electrons. The van der Waals surface area contributed by atoms with Gasteiger partial charge in [0.25, 0.3) is 0 Å². The Bertz CT molecular complexity index is 1210. The number of anilines is 3. The summed E-state index contributed by atoms with van der Waals surface area (Å²) in [5.41, 5.74) is 7.84. The molecule has 2 aromatic heterocycles. The minimum absolute atomic E-state index is 0.575. The standard InChI is InChI=1S/C28H33N5/c1-2-20-7-8-22(32-18-28(19-32)16-23(17-28)31-11-3-4-12-31)15-25(20)33-13-5-6-24-26(33)14-21-9-10-29-27(21)30-24/h2,7-10,14-15,23H,1,3-6,11-13,16-19H2,(H,29,30). The van der Waals surface area contributed by atoms with Crippen LogP contribution in [0.4, 0.5) is 17.1 Å². The highest BCUT2D eigenvalue weighted by Crippen LogP contribution is 2.52. The first kappa shape index (κ1) is 19.7. The van der Waals surface area contributed by atoms with E-state index in [4.69, 9.17) is 4.98 Å². The molecule has 7 rings (SSSR count). The van der Waals surface area contributed by atoms with E-state index in [0.717, 1.165) is 31.1 Å². The average molecular weight is 440 g/mol. The van der Waals surface area contributed by atoms with Crippen molar-refractivity contribution in [2.75, 3.05) is 42.5 Å². The van der Waals surface area contributed by atoms with Gasteiger partial charge in [-0.2, -0.15) is 0 Å². The summed E-state index contributed by atoms with van der Waals surface area (Å²) >= 11 is 0. The number of benzene rings is 1. The van der Waals surface area contributed by atoms with E-state index in [0.29, 0.717) is 5.41 Å². The van der Waals surface area contributed by atoms with Crippen molar-refractivity contribution in [3.63, 3.8) is 0 Å². The first-order chi connectivity index (χ1) is 16.2. The maximum atomic E-state index is 4.93. The van der Waals surface area contributed by atoms with Crippen LogP contribution in [0.15, 0.2) is 43.1 Å². The number of likely N-dealkylation sites (tertiary alicyclic amines) is 1. The van der Waals surface area contributed by atoms with Gasteiger partial charge >= 0.3 is 0 Å². The van der Waals surface area contributed by atoms with Crippen molar-refractivity contribution in [2.24, 2.45) is 5.41 Å². The second-order valence-corrected chi connectivity index (χ2v) is 10.7. The summed E-state index contributed by atoms with van der Waals surface area (Å²) in [6, 6.07) is 12.2. The molecular formula is C28H33N5. The van der Waals surface area contributed by atoms with Gasteiger partial charge in [0.2, 0.25) is 0 Å². The summed E-state index contributed by atoms with van der Waals surface area (Å²) < 4.78 is 0. The van der Waals surface area contributed by atoms with Crippen LogP contribution in [-0.2, 0) is 6.42 Å². The summed E-state index contributed by atoms with van der Waals surface area (Å²) in [6.07, 6.45) is 11.8. The summed E-state index contributed by atoms with van der Waals surface area (Å²) in [5, 5.41) is 1.18. The third-order valence-electron chi connectivity index (χ3n) is 8.61. The molecule has 1 N–H and O–H groups in total. The zero-order valence-electron chi connectivity index (χ0n) is 19.4. The molecule has 5 heteroatoms. The highest BCUT2D eigenvalue weighted by molar-refractivity contribution is 5.85. The van der Waals surface area contributed by atoms with Crippen LogP contribution in [0.2, 0.25) is 0 Å². The van der Waals surface area contributed by atoms with Crippen molar-refractivity contribution in [3.05, 3.63) is 54.4 Å². The van der Waals surface area contributed by atoms with Gasteiger partial charge in [0.1, 0.15) is 5.65 Å². The molecule has 3 aromatic rings. The lowest BCUT2D eigenvalue weighted by Gasteiger charge is -2.61. The van der Waals surface area contributed by atoms with Gasteiger partial charge in [-0.1, -0.05) is 18.7 Å². The van der Waals surface area contributed by atoms with Crippen molar-refractivity contribution in [3.8, 4) is 0 Å². The minimum Gasteiger partial charge on any atom is -0.370 e. The van der Waals surface area contributed by atoms with Crippen molar-refractivity contribution < 1.29 is 0 Å². The fraction of sp³-hybridized carbons (Fsp3) is 0.464. The molecule has 33 heavy (non-hydrogen) atoms. The van der Waals surface area contributed by atoms with Crippen molar-refractivity contribution >= 4 is 34.2 Å². The largest absolute Gasteiger partial charge is 0.370 e. The molecule has 2 saturated heterocycles. The van der Waals surface area contributed by atoms with Crippen LogP contribution in [0.3, 0.4) is 0 Å². The zero-order chi connectivity index (χ0) is 22.0. The SMILES string of the molecule is C=Cc1ccc(N2CC3(CC(N4CCCC4)C3)C2)cc1N1CCCc2nc3[nH]ccc3cc21. The molecule has 3 fully saturated rings. The maximum absolute atomic E-state index is 4.93. The third-order valence-corrected chi connectivity index (χ3v) is 8.61. The van der Waals surface area contributed by atoms with Crippen molar-refractivity contribution in [1.29, 1.82) is 0 Å². The molecule has 1 aliphatic carbocycles. The van der Waals surface area contributed by atoms with E-state index in [9.17, 15) is 0 Å². The van der Waals surface area contributed by atoms with E-state index in [1.54, 1.807) is 0 Å². The summed E-state index contributed by atoms with van der Waals surface area (Å²) in [6.45, 7) is 10.2. The first-order valence-electron chi connectivity index (χ1n) is 12.7. The Hall–Kier alpha value is -2.79. The minimum atomic E-state index is 0.575. The summed E-state index contributed by atoms with van der Waals surface area (Å²) in [7, 11) is 0.